The second-order valence-corrected chi connectivity index (χ2v) is 5.21. The number of aromatic nitrogens is 1. The van der Waals surface area contributed by atoms with E-state index >= 15 is 0 Å². The lowest BCUT2D eigenvalue weighted by Crippen LogP contribution is -2.12. The lowest BCUT2D eigenvalue weighted by molar-refractivity contribution is -0.142. The summed E-state index contributed by atoms with van der Waals surface area (Å²) in [5.41, 5.74) is 2.09. The van der Waals surface area contributed by atoms with Crippen molar-refractivity contribution in [2.45, 2.75) is 26.7 Å². The molecule has 0 unspecified atom stereocenters. The number of esters is 1. The number of para-hydroxylation sites is 1. The number of pyridine rings is 1. The SMILES string of the molecule is CCOC(=O)Cc1nc2oc3ccccc3c(=O)c2cc1CC. The van der Waals surface area contributed by atoms with Crippen molar-refractivity contribution in [1.82, 2.24) is 4.98 Å². The molecule has 0 fully saturated rings. The van der Waals surface area contributed by atoms with Crippen molar-refractivity contribution in [2.24, 2.45) is 0 Å². The molecule has 3 aromatic rings. The first-order chi connectivity index (χ1) is 11.1. The van der Waals surface area contributed by atoms with Crippen LogP contribution < -0.4 is 5.43 Å². The monoisotopic (exact) mass is 311 g/mol. The van der Waals surface area contributed by atoms with Gasteiger partial charge in [0.2, 0.25) is 11.1 Å². The number of hydrogen-bond donors (Lipinski definition) is 0. The fourth-order valence-corrected chi connectivity index (χ4v) is 2.61. The van der Waals surface area contributed by atoms with E-state index in [4.69, 9.17) is 9.15 Å². The first-order valence-electron chi connectivity index (χ1n) is 7.64. The second kappa shape index (κ2) is 6.20. The van der Waals surface area contributed by atoms with E-state index in [0.717, 1.165) is 5.56 Å². The highest BCUT2D eigenvalue weighted by molar-refractivity contribution is 5.88. The maximum Gasteiger partial charge on any atom is 0.311 e. The zero-order valence-electron chi connectivity index (χ0n) is 13.1. The number of hydrogen-bond acceptors (Lipinski definition) is 5. The summed E-state index contributed by atoms with van der Waals surface area (Å²) in [7, 11) is 0. The number of nitrogens with zero attached hydrogens (tertiary/aromatic N) is 1. The van der Waals surface area contributed by atoms with Gasteiger partial charge in [0, 0.05) is 0 Å². The Balaban J connectivity index is 2.21. The van der Waals surface area contributed by atoms with Gasteiger partial charge in [0.25, 0.3) is 0 Å². The van der Waals surface area contributed by atoms with E-state index in [1.807, 2.05) is 6.92 Å². The van der Waals surface area contributed by atoms with Gasteiger partial charge in [-0.05, 0) is 37.1 Å². The molecule has 0 atom stereocenters. The Kier molecular flexibility index (Phi) is 4.10. The van der Waals surface area contributed by atoms with Gasteiger partial charge in [0.05, 0.1) is 29.5 Å². The predicted octanol–water partition coefficient (Wildman–Crippen LogP) is 3.01. The molecule has 118 valence electrons. The molecule has 0 amide bonds. The fourth-order valence-electron chi connectivity index (χ4n) is 2.61. The topological polar surface area (TPSA) is 69.4 Å². The maximum atomic E-state index is 12.6. The van der Waals surface area contributed by atoms with Crippen molar-refractivity contribution in [3.63, 3.8) is 0 Å². The van der Waals surface area contributed by atoms with Crippen LogP contribution in [-0.2, 0) is 22.4 Å². The van der Waals surface area contributed by atoms with Gasteiger partial charge in [-0.1, -0.05) is 19.1 Å². The van der Waals surface area contributed by atoms with Crippen LogP contribution in [0.25, 0.3) is 22.1 Å². The zero-order chi connectivity index (χ0) is 16.4. The van der Waals surface area contributed by atoms with Crippen LogP contribution in [0.4, 0.5) is 0 Å². The lowest BCUT2D eigenvalue weighted by Gasteiger charge is -2.09. The van der Waals surface area contributed by atoms with Crippen LogP contribution in [0.2, 0.25) is 0 Å². The molecule has 2 aromatic heterocycles. The molecular formula is C18H17NO4. The molecule has 0 radical (unpaired) electrons. The Hall–Kier alpha value is -2.69. The molecule has 23 heavy (non-hydrogen) atoms. The number of rotatable bonds is 4. The van der Waals surface area contributed by atoms with Gasteiger partial charge in [-0.25, -0.2) is 4.98 Å². The molecule has 0 saturated carbocycles. The third kappa shape index (κ3) is 2.82. The van der Waals surface area contributed by atoms with Crippen LogP contribution in [0, 0.1) is 0 Å². The normalized spacial score (nSPS) is 11.0. The molecule has 0 aliphatic rings. The highest BCUT2D eigenvalue weighted by atomic mass is 16.5. The molecule has 0 N–H and O–H groups in total. The maximum absolute atomic E-state index is 12.6. The number of carbonyl (C=O) groups excluding carboxylic acids is 1. The molecule has 3 rings (SSSR count). The molecule has 0 aliphatic carbocycles. The van der Waals surface area contributed by atoms with Gasteiger partial charge in [-0.3, -0.25) is 9.59 Å². The molecule has 1 aromatic carbocycles. The Morgan fingerprint density at radius 3 is 2.74 bits per heavy atom. The van der Waals surface area contributed by atoms with Crippen LogP contribution >= 0.6 is 0 Å². The van der Waals surface area contributed by atoms with Crippen LogP contribution in [-0.4, -0.2) is 17.6 Å². The molecule has 0 bridgehead atoms. The molecule has 2 heterocycles. The van der Waals surface area contributed by atoms with Crippen molar-refractivity contribution in [3.05, 3.63) is 51.8 Å². The van der Waals surface area contributed by atoms with E-state index < -0.39 is 0 Å². The van der Waals surface area contributed by atoms with E-state index in [1.165, 1.54) is 0 Å². The molecule has 0 aliphatic heterocycles. The summed E-state index contributed by atoms with van der Waals surface area (Å²) in [4.78, 5) is 28.8. The summed E-state index contributed by atoms with van der Waals surface area (Å²) in [6.45, 7) is 4.05. The summed E-state index contributed by atoms with van der Waals surface area (Å²) in [5.74, 6) is -0.336. The summed E-state index contributed by atoms with van der Waals surface area (Å²) in [6, 6.07) is 8.84. The molecule has 5 heteroatoms. The second-order valence-electron chi connectivity index (χ2n) is 5.21. The van der Waals surface area contributed by atoms with E-state index in [2.05, 4.69) is 4.98 Å². The van der Waals surface area contributed by atoms with Gasteiger partial charge >= 0.3 is 5.97 Å². The largest absolute Gasteiger partial charge is 0.466 e. The summed E-state index contributed by atoms with van der Waals surface area (Å²) >= 11 is 0. The Morgan fingerprint density at radius 2 is 2.00 bits per heavy atom. The van der Waals surface area contributed by atoms with Gasteiger partial charge in [-0.2, -0.15) is 0 Å². The Morgan fingerprint density at radius 1 is 1.22 bits per heavy atom. The minimum atomic E-state index is -0.336. The van der Waals surface area contributed by atoms with Crippen molar-refractivity contribution < 1.29 is 13.9 Å². The van der Waals surface area contributed by atoms with Crippen molar-refractivity contribution in [2.75, 3.05) is 6.61 Å². The zero-order valence-corrected chi connectivity index (χ0v) is 13.1. The summed E-state index contributed by atoms with van der Waals surface area (Å²) in [6.07, 6.45) is 0.743. The number of carbonyl (C=O) groups is 1. The minimum absolute atomic E-state index is 0.0729. The van der Waals surface area contributed by atoms with E-state index in [1.54, 1.807) is 37.3 Å². The molecular weight excluding hydrogens is 294 g/mol. The fraction of sp³-hybridized carbons (Fsp3) is 0.278. The average Bonchev–Trinajstić information content (AvgIpc) is 2.55. The highest BCUT2D eigenvalue weighted by Crippen LogP contribution is 2.20. The number of benzene rings is 1. The standard InChI is InChI=1S/C18H17NO4/c1-3-11-9-13-17(21)12-7-5-6-8-15(12)23-18(13)19-14(11)10-16(20)22-4-2/h5-9H,3-4,10H2,1-2H3. The summed E-state index contributed by atoms with van der Waals surface area (Å²) in [5, 5.41) is 0.968. The smallest absolute Gasteiger partial charge is 0.311 e. The van der Waals surface area contributed by atoms with Crippen LogP contribution in [0.3, 0.4) is 0 Å². The van der Waals surface area contributed by atoms with Gasteiger partial charge in [-0.15, -0.1) is 0 Å². The number of ether oxygens (including phenoxy) is 1. The highest BCUT2D eigenvalue weighted by Gasteiger charge is 2.15. The molecule has 0 spiro atoms. The van der Waals surface area contributed by atoms with E-state index in [0.29, 0.717) is 35.1 Å². The van der Waals surface area contributed by atoms with Crippen LogP contribution in [0.5, 0.6) is 0 Å². The van der Waals surface area contributed by atoms with Crippen molar-refractivity contribution >= 4 is 28.0 Å². The predicted molar refractivity (Wildman–Crippen MR) is 87.5 cm³/mol. The average molecular weight is 311 g/mol. The Bertz CT molecular complexity index is 943. The van der Waals surface area contributed by atoms with Gasteiger partial charge in [0.1, 0.15) is 5.58 Å². The molecule has 5 nitrogen and oxygen atoms in total. The number of aryl methyl sites for hydroxylation is 1. The van der Waals surface area contributed by atoms with Crippen LogP contribution in [0.1, 0.15) is 25.1 Å². The number of fused-ring (bicyclic) bond motifs is 2. The summed E-state index contributed by atoms with van der Waals surface area (Å²) < 4.78 is 10.7. The van der Waals surface area contributed by atoms with Gasteiger partial charge < -0.3 is 9.15 Å². The molecule has 0 saturated heterocycles. The Labute approximate surface area is 132 Å². The third-order valence-electron chi connectivity index (χ3n) is 3.74. The third-order valence-corrected chi connectivity index (χ3v) is 3.74. The van der Waals surface area contributed by atoms with Gasteiger partial charge in [0.15, 0.2) is 0 Å². The van der Waals surface area contributed by atoms with E-state index in [9.17, 15) is 9.59 Å². The first kappa shape index (κ1) is 15.2. The van der Waals surface area contributed by atoms with Crippen molar-refractivity contribution in [1.29, 1.82) is 0 Å². The first-order valence-corrected chi connectivity index (χ1v) is 7.64. The minimum Gasteiger partial charge on any atom is -0.466 e. The quantitative estimate of drug-likeness (QED) is 0.547. The van der Waals surface area contributed by atoms with E-state index in [-0.39, 0.29) is 23.5 Å². The van der Waals surface area contributed by atoms with Crippen molar-refractivity contribution in [3.8, 4) is 0 Å². The lowest BCUT2D eigenvalue weighted by atomic mass is 10.1. The van der Waals surface area contributed by atoms with Crippen LogP contribution in [0.15, 0.2) is 39.5 Å².